The first kappa shape index (κ1) is 69.0. The Morgan fingerprint density at radius 1 is 0.543 bits per heavy atom. The summed E-state index contributed by atoms with van der Waals surface area (Å²) in [6.07, 6.45) is 5.48. The first-order chi connectivity index (χ1) is 44.7. The van der Waals surface area contributed by atoms with Gasteiger partial charge in [0.2, 0.25) is 47.3 Å². The number of hydrogen-bond acceptors (Lipinski definition) is 12. The Bertz CT molecular complexity index is 3230. The Kier molecular flexibility index (Phi) is 25.5. The molecule has 4 fully saturated rings. The predicted molar refractivity (Wildman–Crippen MR) is 348 cm³/mol. The minimum Gasteiger partial charge on any atom is -0.396 e. The van der Waals surface area contributed by atoms with Gasteiger partial charge in [0.1, 0.15) is 24.2 Å². The van der Waals surface area contributed by atoms with Crippen LogP contribution in [0.15, 0.2) is 121 Å². The lowest BCUT2D eigenvalue weighted by atomic mass is 9.81. The maximum absolute atomic E-state index is 14.9. The second-order valence-corrected chi connectivity index (χ2v) is 24.1. The highest BCUT2D eigenvalue weighted by Gasteiger charge is 2.52. The lowest BCUT2D eigenvalue weighted by molar-refractivity contribution is -0.145. The van der Waals surface area contributed by atoms with Gasteiger partial charge < -0.3 is 62.8 Å². The van der Waals surface area contributed by atoms with Crippen molar-refractivity contribution in [3.05, 3.63) is 144 Å². The summed E-state index contributed by atoms with van der Waals surface area (Å²) >= 11 is 0. The van der Waals surface area contributed by atoms with Gasteiger partial charge in [-0.15, -0.1) is 0 Å². The topological polar surface area (TPSA) is 289 Å². The van der Waals surface area contributed by atoms with Crippen molar-refractivity contribution in [1.29, 1.82) is 0 Å². The fourth-order valence-corrected chi connectivity index (χ4v) is 13.4. The SMILES string of the molecule is CC[C@H](NC)C(=O)N[C@@H]1C(=O)N2[C@@H](CC[C@@H]1CNC(=O)CCC#CC#CCCC(=O)NCCNC(=O)C(NC(=O)[C@@H]1CC[C@@H]3CC[C@H](CO)[C@H](NC(=O)[C@H](CC)NC)C(=O)N31)(c1ccccc1)c1ccccc1)CC[C@H]2C(=O)NC(c1ccccc1)c1ccccc1. The average molecular weight is 1260 g/mol. The number of aliphatic hydroxyl groups is 1. The predicted octanol–water partition coefficient (Wildman–Crippen LogP) is 3.37. The first-order valence-corrected chi connectivity index (χ1v) is 32.5. The minimum atomic E-state index is -1.78. The molecule has 0 unspecified atom stereocenters. The molecule has 10 atom stereocenters. The summed E-state index contributed by atoms with van der Waals surface area (Å²) in [7, 11) is 3.34. The number of carbonyl (C=O) groups is 9. The highest BCUT2D eigenvalue weighted by molar-refractivity contribution is 6.00. The van der Waals surface area contributed by atoms with E-state index in [0.29, 0.717) is 75.3 Å². The molecule has 21 nitrogen and oxygen atoms in total. The van der Waals surface area contributed by atoms with E-state index in [1.54, 1.807) is 84.6 Å². The molecule has 488 valence electrons. The third-order valence-electron chi connectivity index (χ3n) is 18.4. The molecule has 9 amide bonds. The number of carbonyl (C=O) groups excluding carboxylic acids is 9. The number of fused-ring (bicyclic) bond motifs is 2. The monoisotopic (exact) mass is 1260 g/mol. The van der Waals surface area contributed by atoms with Crippen molar-refractivity contribution in [3.63, 3.8) is 0 Å². The third kappa shape index (κ3) is 17.0. The van der Waals surface area contributed by atoms with Crippen LogP contribution < -0.4 is 47.9 Å². The highest BCUT2D eigenvalue weighted by Crippen LogP contribution is 2.38. The second-order valence-electron chi connectivity index (χ2n) is 24.1. The van der Waals surface area contributed by atoms with Gasteiger partial charge >= 0.3 is 0 Å². The van der Waals surface area contributed by atoms with Crippen LogP contribution in [0.4, 0.5) is 0 Å². The zero-order valence-corrected chi connectivity index (χ0v) is 53.1. The zero-order chi connectivity index (χ0) is 65.6. The summed E-state index contributed by atoms with van der Waals surface area (Å²) < 4.78 is 0. The maximum atomic E-state index is 14.9. The largest absolute Gasteiger partial charge is 0.396 e. The molecular weight excluding hydrogens is 1170 g/mol. The molecule has 0 radical (unpaired) electrons. The van der Waals surface area contributed by atoms with E-state index < -0.39 is 77.4 Å². The van der Waals surface area contributed by atoms with Gasteiger partial charge in [0.15, 0.2) is 5.54 Å². The molecule has 0 saturated carbocycles. The van der Waals surface area contributed by atoms with Crippen LogP contribution in [0.1, 0.15) is 132 Å². The van der Waals surface area contributed by atoms with Gasteiger partial charge in [0, 0.05) is 75.8 Å². The first-order valence-electron chi connectivity index (χ1n) is 32.5. The smallest absolute Gasteiger partial charge is 0.255 e. The van der Waals surface area contributed by atoms with E-state index in [0.717, 1.165) is 11.1 Å². The Morgan fingerprint density at radius 2 is 0.967 bits per heavy atom. The molecule has 4 aliphatic heterocycles. The van der Waals surface area contributed by atoms with Crippen molar-refractivity contribution < 1.29 is 48.3 Å². The van der Waals surface area contributed by atoms with Gasteiger partial charge in [0.25, 0.3) is 5.91 Å². The number of hydrogen-bond donors (Lipinski definition) is 10. The summed E-state index contributed by atoms with van der Waals surface area (Å²) in [5, 5.41) is 37.3. The maximum Gasteiger partial charge on any atom is 0.255 e. The van der Waals surface area contributed by atoms with Crippen LogP contribution in [-0.4, -0.2) is 157 Å². The zero-order valence-electron chi connectivity index (χ0n) is 53.1. The van der Waals surface area contributed by atoms with Gasteiger partial charge in [-0.1, -0.05) is 147 Å². The molecule has 0 aliphatic carbocycles. The highest BCUT2D eigenvalue weighted by atomic mass is 16.3. The van der Waals surface area contributed by atoms with E-state index in [1.165, 1.54) is 0 Å². The van der Waals surface area contributed by atoms with E-state index in [2.05, 4.69) is 71.5 Å². The Morgan fingerprint density at radius 3 is 1.43 bits per heavy atom. The van der Waals surface area contributed by atoms with E-state index in [4.69, 9.17) is 0 Å². The lowest BCUT2D eigenvalue weighted by Crippen LogP contribution is -2.62. The molecule has 0 aromatic heterocycles. The van der Waals surface area contributed by atoms with Crippen LogP contribution in [0, 0.1) is 35.5 Å². The molecule has 4 aromatic carbocycles. The minimum absolute atomic E-state index is 0.00427. The summed E-state index contributed by atoms with van der Waals surface area (Å²) in [4.78, 5) is 130. The molecule has 8 rings (SSSR count). The Hall–Kier alpha value is -8.89. The van der Waals surface area contributed by atoms with Crippen molar-refractivity contribution in [1.82, 2.24) is 57.7 Å². The van der Waals surface area contributed by atoms with E-state index in [1.807, 2.05) is 74.5 Å². The molecule has 4 saturated heterocycles. The summed E-state index contributed by atoms with van der Waals surface area (Å²) in [6, 6.07) is 31.1. The molecule has 92 heavy (non-hydrogen) atoms. The quantitative estimate of drug-likeness (QED) is 0.0304. The van der Waals surface area contributed by atoms with Crippen LogP contribution in [-0.2, 0) is 48.7 Å². The number of benzene rings is 4. The van der Waals surface area contributed by atoms with Crippen LogP contribution in [0.2, 0.25) is 0 Å². The van der Waals surface area contributed by atoms with Crippen molar-refractivity contribution in [2.45, 2.75) is 164 Å². The number of aliphatic hydroxyl groups excluding tert-OH is 1. The normalized spacial score (nSPS) is 21.6. The molecule has 4 heterocycles. The fourth-order valence-electron chi connectivity index (χ4n) is 13.4. The number of nitrogens with zero attached hydrogens (tertiary/aromatic N) is 2. The van der Waals surface area contributed by atoms with Gasteiger partial charge in [-0.05, 0) is 112 Å². The molecule has 0 spiro atoms. The molecule has 4 aliphatic rings. The summed E-state index contributed by atoms with van der Waals surface area (Å²) in [6.45, 7) is 3.56. The standard InChI is InChI=1S/C71H89N11O10/c1-5-55(72-3)64(86)78-62-49(35-37-53-39-41-57(81(53)68(62)90)66(88)77-61(47-25-15-11-16-26-47)48-27-17-12-18-28-48)45-76-60(85)34-24-10-8-7-9-23-33-59(84)74-43-44-75-70(92)71(51-29-19-13-20-30-51,52-31-21-14-22-32-52)80-67(89)58-42-40-54-38-36-50(46-83)63(69(91)82(54)58)79-65(87)56(6-2)73-4/h11-22,25-32,49-50,53-58,61-63,72-73,83H,5-6,23-24,33-46H2,1-4H3,(H,74,84)(H,75,92)(H,76,85)(H,77,88)(H,78,86)(H,79,87)(H,80,89)/t49-,50-,53+,54+,55+,56+,57+,58+,62+,63+/m1/s1. The van der Waals surface area contributed by atoms with Crippen molar-refractivity contribution in [2.24, 2.45) is 11.8 Å². The van der Waals surface area contributed by atoms with Crippen LogP contribution >= 0.6 is 0 Å². The van der Waals surface area contributed by atoms with Crippen molar-refractivity contribution in [2.75, 3.05) is 40.3 Å². The number of rotatable bonds is 27. The van der Waals surface area contributed by atoms with E-state index >= 15 is 0 Å². The second kappa shape index (κ2) is 34.0. The van der Waals surface area contributed by atoms with E-state index in [-0.39, 0.29) is 99.5 Å². The number of likely N-dealkylation sites (N-methyl/N-ethyl adjacent to an activating group) is 2. The summed E-state index contributed by atoms with van der Waals surface area (Å²) in [5.41, 5.74) is 0.940. The Labute approximate surface area is 539 Å². The van der Waals surface area contributed by atoms with Crippen LogP contribution in [0.3, 0.4) is 0 Å². The number of nitrogens with one attached hydrogen (secondary N) is 9. The average Bonchev–Trinajstić information content (AvgIpc) is 1.21. The number of amides is 9. The van der Waals surface area contributed by atoms with Crippen LogP contribution in [0.5, 0.6) is 0 Å². The Balaban J connectivity index is 0.822. The lowest BCUT2D eigenvalue weighted by Gasteiger charge is -2.37. The third-order valence-corrected chi connectivity index (χ3v) is 18.4. The molecular formula is C71H89N11O10. The van der Waals surface area contributed by atoms with Crippen LogP contribution in [0.25, 0.3) is 0 Å². The molecule has 10 N–H and O–H groups in total. The van der Waals surface area contributed by atoms with E-state index in [9.17, 15) is 48.3 Å². The van der Waals surface area contributed by atoms with Gasteiger partial charge in [0.05, 0.1) is 18.1 Å². The van der Waals surface area contributed by atoms with Gasteiger partial charge in [-0.3, -0.25) is 43.2 Å². The van der Waals surface area contributed by atoms with Gasteiger partial charge in [-0.2, -0.15) is 0 Å². The molecule has 21 heteroatoms. The molecule has 4 aromatic rings. The fraction of sp³-hybridized carbons (Fsp3) is 0.479. The van der Waals surface area contributed by atoms with Crippen molar-refractivity contribution >= 4 is 53.2 Å². The van der Waals surface area contributed by atoms with Crippen molar-refractivity contribution in [3.8, 4) is 23.7 Å². The van der Waals surface area contributed by atoms with Gasteiger partial charge in [-0.25, -0.2) is 0 Å². The summed E-state index contributed by atoms with van der Waals surface area (Å²) in [5.74, 6) is 6.70. The molecule has 0 bridgehead atoms.